The molecule has 0 amide bonds. The number of carbonyl (C=O) groups excluding carboxylic acids is 2. The Labute approximate surface area is 131 Å². The number of hydrogen-bond acceptors (Lipinski definition) is 4. The number of methoxy groups -OCH3 is 1. The van der Waals surface area contributed by atoms with Gasteiger partial charge in [0.25, 0.3) is 0 Å². The fourth-order valence-corrected chi connectivity index (χ4v) is 2.08. The largest absolute Gasteiger partial charge is 0.465 e. The van der Waals surface area contributed by atoms with Crippen LogP contribution in [0.4, 0.5) is 8.78 Å². The highest BCUT2D eigenvalue weighted by Crippen LogP contribution is 2.27. The first-order chi connectivity index (χ1) is 11.0. The van der Waals surface area contributed by atoms with Gasteiger partial charge in [-0.1, -0.05) is 18.2 Å². The predicted molar refractivity (Wildman–Crippen MR) is 79.1 cm³/mol. The van der Waals surface area contributed by atoms with Gasteiger partial charge < -0.3 is 9.47 Å². The van der Waals surface area contributed by atoms with Crippen molar-refractivity contribution in [3.05, 3.63) is 59.2 Å². The molecule has 0 bridgehead atoms. The van der Waals surface area contributed by atoms with Crippen LogP contribution in [0, 0.1) is 11.6 Å². The van der Waals surface area contributed by atoms with Crippen LogP contribution in [-0.4, -0.2) is 25.7 Å². The maximum Gasteiger partial charge on any atom is 0.341 e. The smallest absolute Gasteiger partial charge is 0.341 e. The van der Waals surface area contributed by atoms with Crippen LogP contribution in [0.3, 0.4) is 0 Å². The average Bonchev–Trinajstić information content (AvgIpc) is 2.54. The van der Waals surface area contributed by atoms with Crippen molar-refractivity contribution >= 4 is 11.9 Å². The first kappa shape index (κ1) is 16.6. The minimum Gasteiger partial charge on any atom is -0.465 e. The highest BCUT2D eigenvalue weighted by molar-refractivity contribution is 5.92. The summed E-state index contributed by atoms with van der Waals surface area (Å²) in [7, 11) is 1.14. The lowest BCUT2D eigenvalue weighted by atomic mass is 10.0. The van der Waals surface area contributed by atoms with Crippen molar-refractivity contribution in [1.29, 1.82) is 0 Å². The zero-order valence-corrected chi connectivity index (χ0v) is 12.6. The molecule has 0 aromatic heterocycles. The summed E-state index contributed by atoms with van der Waals surface area (Å²) >= 11 is 0. The Morgan fingerprint density at radius 3 is 2.39 bits per heavy atom. The zero-order chi connectivity index (χ0) is 17.0. The molecule has 0 aliphatic rings. The standard InChI is InChI=1S/C17H14F2O4/c1-3-23-17(21)12-8-7-10(9-14(12)18)11-5-4-6-13(15(11)19)16(20)22-2/h4-9H,3H2,1-2H3. The molecule has 0 aliphatic heterocycles. The van der Waals surface area contributed by atoms with E-state index < -0.39 is 23.6 Å². The van der Waals surface area contributed by atoms with Crippen molar-refractivity contribution in [3.8, 4) is 11.1 Å². The van der Waals surface area contributed by atoms with Gasteiger partial charge >= 0.3 is 11.9 Å². The number of esters is 2. The van der Waals surface area contributed by atoms with Crippen LogP contribution in [0.1, 0.15) is 27.6 Å². The SMILES string of the molecule is CCOC(=O)c1ccc(-c2cccc(C(=O)OC)c2F)cc1F. The van der Waals surface area contributed by atoms with Gasteiger partial charge in [0.15, 0.2) is 0 Å². The van der Waals surface area contributed by atoms with E-state index in [1.54, 1.807) is 6.92 Å². The first-order valence-corrected chi connectivity index (χ1v) is 6.83. The molecular formula is C17H14F2O4. The van der Waals surface area contributed by atoms with Gasteiger partial charge in [-0.25, -0.2) is 18.4 Å². The number of carbonyl (C=O) groups is 2. The molecule has 0 fully saturated rings. The molecule has 4 nitrogen and oxygen atoms in total. The molecule has 6 heteroatoms. The second kappa shape index (κ2) is 7.00. The van der Waals surface area contributed by atoms with Crippen LogP contribution in [0.25, 0.3) is 11.1 Å². The highest BCUT2D eigenvalue weighted by Gasteiger charge is 2.18. The number of halogens is 2. The van der Waals surface area contributed by atoms with E-state index in [9.17, 15) is 18.4 Å². The molecule has 0 N–H and O–H groups in total. The van der Waals surface area contributed by atoms with Gasteiger partial charge in [-0.3, -0.25) is 0 Å². The fourth-order valence-electron chi connectivity index (χ4n) is 2.08. The van der Waals surface area contributed by atoms with Crippen LogP contribution in [0.2, 0.25) is 0 Å². The molecule has 0 atom stereocenters. The van der Waals surface area contributed by atoms with E-state index in [-0.39, 0.29) is 28.9 Å². The molecule has 0 aliphatic carbocycles. The lowest BCUT2D eigenvalue weighted by Crippen LogP contribution is -2.08. The second-order valence-electron chi connectivity index (χ2n) is 4.57. The topological polar surface area (TPSA) is 52.6 Å². The molecule has 23 heavy (non-hydrogen) atoms. The van der Waals surface area contributed by atoms with E-state index in [4.69, 9.17) is 4.74 Å². The Balaban J connectivity index is 2.46. The molecule has 0 saturated heterocycles. The average molecular weight is 320 g/mol. The van der Waals surface area contributed by atoms with Crippen molar-refractivity contribution in [2.24, 2.45) is 0 Å². The van der Waals surface area contributed by atoms with Gasteiger partial charge in [-0.2, -0.15) is 0 Å². The third-order valence-electron chi connectivity index (χ3n) is 3.18. The van der Waals surface area contributed by atoms with Gasteiger partial charge in [-0.05, 0) is 30.7 Å². The molecule has 0 saturated carbocycles. The van der Waals surface area contributed by atoms with Crippen LogP contribution in [-0.2, 0) is 9.47 Å². The Bertz CT molecular complexity index is 756. The second-order valence-corrected chi connectivity index (χ2v) is 4.57. The highest BCUT2D eigenvalue weighted by atomic mass is 19.1. The van der Waals surface area contributed by atoms with Gasteiger partial charge in [-0.15, -0.1) is 0 Å². The van der Waals surface area contributed by atoms with E-state index in [1.807, 2.05) is 0 Å². The van der Waals surface area contributed by atoms with Crippen molar-refractivity contribution in [2.75, 3.05) is 13.7 Å². The molecule has 2 rings (SSSR count). The quantitative estimate of drug-likeness (QED) is 0.808. The van der Waals surface area contributed by atoms with Crippen molar-refractivity contribution < 1.29 is 27.8 Å². The first-order valence-electron chi connectivity index (χ1n) is 6.83. The summed E-state index contributed by atoms with van der Waals surface area (Å²) in [6, 6.07) is 7.75. The van der Waals surface area contributed by atoms with E-state index in [0.717, 1.165) is 13.2 Å². The third-order valence-corrected chi connectivity index (χ3v) is 3.18. The summed E-state index contributed by atoms with van der Waals surface area (Å²) in [4.78, 5) is 23.1. The summed E-state index contributed by atoms with van der Waals surface area (Å²) in [6.07, 6.45) is 0. The minimum absolute atomic E-state index is 0.0298. The number of benzene rings is 2. The Hall–Kier alpha value is -2.76. The molecule has 0 spiro atoms. The molecule has 2 aromatic rings. The zero-order valence-electron chi connectivity index (χ0n) is 12.6. The van der Waals surface area contributed by atoms with Gasteiger partial charge in [0.1, 0.15) is 11.6 Å². The summed E-state index contributed by atoms with van der Waals surface area (Å²) < 4.78 is 37.7. The lowest BCUT2D eigenvalue weighted by molar-refractivity contribution is 0.0520. The maximum absolute atomic E-state index is 14.4. The molecular weight excluding hydrogens is 306 g/mol. The fraction of sp³-hybridized carbons (Fsp3) is 0.176. The van der Waals surface area contributed by atoms with Gasteiger partial charge in [0.2, 0.25) is 0 Å². The van der Waals surface area contributed by atoms with Crippen LogP contribution >= 0.6 is 0 Å². The van der Waals surface area contributed by atoms with E-state index >= 15 is 0 Å². The van der Waals surface area contributed by atoms with Crippen LogP contribution in [0.15, 0.2) is 36.4 Å². The van der Waals surface area contributed by atoms with E-state index in [1.165, 1.54) is 30.3 Å². The summed E-state index contributed by atoms with van der Waals surface area (Å²) in [5, 5.41) is 0. The molecule has 0 radical (unpaired) electrons. The normalized spacial score (nSPS) is 10.3. The number of rotatable bonds is 4. The number of ether oxygens (including phenoxy) is 2. The summed E-state index contributed by atoms with van der Waals surface area (Å²) in [5.74, 6) is -3.26. The summed E-state index contributed by atoms with van der Waals surface area (Å²) in [6.45, 7) is 1.73. The lowest BCUT2D eigenvalue weighted by Gasteiger charge is -2.09. The predicted octanol–water partition coefficient (Wildman–Crippen LogP) is 3.60. The monoisotopic (exact) mass is 320 g/mol. The van der Waals surface area contributed by atoms with Crippen LogP contribution in [0.5, 0.6) is 0 Å². The molecule has 0 heterocycles. The minimum atomic E-state index is -0.830. The van der Waals surface area contributed by atoms with Crippen molar-refractivity contribution in [2.45, 2.75) is 6.92 Å². The van der Waals surface area contributed by atoms with E-state index in [0.29, 0.717) is 0 Å². The molecule has 2 aromatic carbocycles. The number of hydrogen-bond donors (Lipinski definition) is 0. The maximum atomic E-state index is 14.4. The third kappa shape index (κ3) is 3.36. The Kier molecular flexibility index (Phi) is 5.05. The Morgan fingerprint density at radius 1 is 1.04 bits per heavy atom. The Morgan fingerprint density at radius 2 is 1.78 bits per heavy atom. The van der Waals surface area contributed by atoms with E-state index in [2.05, 4.69) is 4.74 Å². The molecule has 120 valence electrons. The van der Waals surface area contributed by atoms with Crippen molar-refractivity contribution in [3.63, 3.8) is 0 Å². The van der Waals surface area contributed by atoms with Gasteiger partial charge in [0.05, 0.1) is 24.8 Å². The molecule has 0 unspecified atom stereocenters. The van der Waals surface area contributed by atoms with Crippen LogP contribution < -0.4 is 0 Å². The summed E-state index contributed by atoms with van der Waals surface area (Å²) in [5.41, 5.74) is -0.263. The van der Waals surface area contributed by atoms with Crippen molar-refractivity contribution in [1.82, 2.24) is 0 Å². The van der Waals surface area contributed by atoms with Gasteiger partial charge in [0, 0.05) is 5.56 Å².